The Labute approximate surface area is 156 Å². The highest BCUT2D eigenvalue weighted by Crippen LogP contribution is 2.28. The van der Waals surface area contributed by atoms with Crippen molar-refractivity contribution in [1.82, 2.24) is 5.32 Å². The van der Waals surface area contributed by atoms with Gasteiger partial charge in [0.1, 0.15) is 6.04 Å². The zero-order chi connectivity index (χ0) is 18.4. The number of benzene rings is 3. The number of carboxylic acid groups (broad SMARTS) is 1. The van der Waals surface area contributed by atoms with E-state index < -0.39 is 12.0 Å². The lowest BCUT2D eigenvalue weighted by Crippen LogP contribution is -2.41. The van der Waals surface area contributed by atoms with Gasteiger partial charge in [0.05, 0.1) is 0 Å². The van der Waals surface area contributed by atoms with Crippen LogP contribution in [0.3, 0.4) is 0 Å². The molecule has 5 heteroatoms. The summed E-state index contributed by atoms with van der Waals surface area (Å²) >= 11 is 1.60. The summed E-state index contributed by atoms with van der Waals surface area (Å²) < 4.78 is 0. The lowest BCUT2D eigenvalue weighted by molar-refractivity contribution is -0.139. The molecule has 132 valence electrons. The summed E-state index contributed by atoms with van der Waals surface area (Å²) in [5, 5.41) is 14.3. The van der Waals surface area contributed by atoms with E-state index in [4.69, 9.17) is 0 Å². The van der Waals surface area contributed by atoms with Gasteiger partial charge in [0, 0.05) is 16.2 Å². The summed E-state index contributed by atoms with van der Waals surface area (Å²) in [5.74, 6) is -0.791. The van der Waals surface area contributed by atoms with Crippen LogP contribution in [0.1, 0.15) is 16.8 Å². The van der Waals surface area contributed by atoms with Crippen LogP contribution in [-0.2, 0) is 4.79 Å². The molecule has 0 saturated heterocycles. The summed E-state index contributed by atoms with van der Waals surface area (Å²) in [6.45, 7) is 0. The first kappa shape index (κ1) is 18.0. The summed E-state index contributed by atoms with van der Waals surface area (Å²) in [5.41, 5.74) is 0.459. The van der Waals surface area contributed by atoms with E-state index in [0.29, 0.717) is 17.7 Å². The third kappa shape index (κ3) is 4.43. The van der Waals surface area contributed by atoms with Gasteiger partial charge in [0.15, 0.2) is 0 Å². The van der Waals surface area contributed by atoms with E-state index in [2.05, 4.69) is 23.5 Å². The van der Waals surface area contributed by atoms with E-state index in [-0.39, 0.29) is 5.91 Å². The SMILES string of the molecule is O=C(N[C@@H](CCSc1cccc2ccccc12)C(=O)O)c1ccccc1. The number of nitrogens with one attached hydrogen (secondary N) is 1. The zero-order valence-electron chi connectivity index (χ0n) is 14.1. The molecule has 1 atom stereocenters. The van der Waals surface area contributed by atoms with E-state index in [0.717, 1.165) is 15.7 Å². The Bertz CT molecular complexity index is 906. The molecule has 1 amide bonds. The molecule has 0 aromatic heterocycles. The lowest BCUT2D eigenvalue weighted by atomic mass is 10.1. The van der Waals surface area contributed by atoms with E-state index in [9.17, 15) is 14.7 Å². The first-order valence-corrected chi connectivity index (χ1v) is 9.33. The average molecular weight is 365 g/mol. The zero-order valence-corrected chi connectivity index (χ0v) is 14.9. The van der Waals surface area contributed by atoms with Gasteiger partial charge in [-0.1, -0.05) is 54.6 Å². The minimum absolute atomic E-state index is 0.349. The highest BCUT2D eigenvalue weighted by atomic mass is 32.2. The van der Waals surface area contributed by atoms with Gasteiger partial charge >= 0.3 is 5.97 Å². The molecule has 0 spiro atoms. The molecule has 26 heavy (non-hydrogen) atoms. The van der Waals surface area contributed by atoms with E-state index in [1.54, 1.807) is 36.0 Å². The molecule has 0 aliphatic heterocycles. The Morgan fingerprint density at radius 2 is 1.62 bits per heavy atom. The van der Waals surface area contributed by atoms with Gasteiger partial charge in [-0.05, 0) is 35.4 Å². The van der Waals surface area contributed by atoms with Crippen LogP contribution in [0.15, 0.2) is 77.7 Å². The third-order valence-corrected chi connectivity index (χ3v) is 5.16. The fourth-order valence-corrected chi connectivity index (χ4v) is 3.79. The van der Waals surface area contributed by atoms with Crippen LogP contribution in [0.4, 0.5) is 0 Å². The van der Waals surface area contributed by atoms with Gasteiger partial charge in [-0.15, -0.1) is 11.8 Å². The molecule has 0 heterocycles. The van der Waals surface area contributed by atoms with Crippen LogP contribution in [-0.4, -0.2) is 28.8 Å². The first-order valence-electron chi connectivity index (χ1n) is 8.34. The van der Waals surface area contributed by atoms with Crippen LogP contribution in [0, 0.1) is 0 Å². The van der Waals surface area contributed by atoms with Crippen molar-refractivity contribution in [3.05, 3.63) is 78.4 Å². The average Bonchev–Trinajstić information content (AvgIpc) is 2.67. The number of fused-ring (bicyclic) bond motifs is 1. The quantitative estimate of drug-likeness (QED) is 0.616. The Morgan fingerprint density at radius 1 is 0.923 bits per heavy atom. The number of hydrogen-bond donors (Lipinski definition) is 2. The van der Waals surface area contributed by atoms with Crippen LogP contribution >= 0.6 is 11.8 Å². The molecule has 3 rings (SSSR count). The predicted octanol–water partition coefficient (Wildman–Crippen LogP) is 4.21. The second-order valence-electron chi connectivity index (χ2n) is 5.84. The number of amides is 1. The van der Waals surface area contributed by atoms with Crippen LogP contribution in [0.5, 0.6) is 0 Å². The highest BCUT2D eigenvalue weighted by Gasteiger charge is 2.20. The molecule has 3 aromatic carbocycles. The summed E-state index contributed by atoms with van der Waals surface area (Å²) in [7, 11) is 0. The largest absolute Gasteiger partial charge is 0.480 e. The Kier molecular flexibility index (Phi) is 5.92. The van der Waals surface area contributed by atoms with Crippen molar-refractivity contribution in [3.8, 4) is 0 Å². The number of carboxylic acids is 1. The van der Waals surface area contributed by atoms with E-state index >= 15 is 0 Å². The fourth-order valence-electron chi connectivity index (χ4n) is 2.70. The highest BCUT2D eigenvalue weighted by molar-refractivity contribution is 7.99. The molecule has 0 aliphatic carbocycles. The molecule has 2 N–H and O–H groups in total. The number of aliphatic carboxylic acids is 1. The van der Waals surface area contributed by atoms with Gasteiger partial charge in [0.25, 0.3) is 5.91 Å². The molecule has 0 bridgehead atoms. The fraction of sp³-hybridized carbons (Fsp3) is 0.143. The second-order valence-corrected chi connectivity index (χ2v) is 6.98. The molecular formula is C21H19NO3S. The van der Waals surface area contributed by atoms with E-state index in [1.165, 1.54) is 0 Å². The topological polar surface area (TPSA) is 66.4 Å². The number of rotatable bonds is 7. The molecule has 0 unspecified atom stereocenters. The minimum Gasteiger partial charge on any atom is -0.480 e. The van der Waals surface area contributed by atoms with Gasteiger partial charge in [-0.2, -0.15) is 0 Å². The van der Waals surface area contributed by atoms with Crippen molar-refractivity contribution in [1.29, 1.82) is 0 Å². The maximum Gasteiger partial charge on any atom is 0.326 e. The lowest BCUT2D eigenvalue weighted by Gasteiger charge is -2.14. The van der Waals surface area contributed by atoms with Crippen molar-refractivity contribution >= 4 is 34.4 Å². The standard InChI is InChI=1S/C21H19NO3S/c23-20(16-8-2-1-3-9-16)22-18(21(24)25)13-14-26-19-12-6-10-15-7-4-5-11-17(15)19/h1-12,18H,13-14H2,(H,22,23)(H,24,25)/t18-/m0/s1. The van der Waals surface area contributed by atoms with Crippen molar-refractivity contribution < 1.29 is 14.7 Å². The number of thioether (sulfide) groups is 1. The monoisotopic (exact) mass is 365 g/mol. The number of carbonyl (C=O) groups is 2. The van der Waals surface area contributed by atoms with Crippen molar-refractivity contribution in [2.45, 2.75) is 17.4 Å². The number of hydrogen-bond acceptors (Lipinski definition) is 3. The third-order valence-electron chi connectivity index (χ3n) is 4.05. The van der Waals surface area contributed by atoms with Crippen molar-refractivity contribution in [3.63, 3.8) is 0 Å². The van der Waals surface area contributed by atoms with E-state index in [1.807, 2.05) is 30.3 Å². The molecule has 3 aromatic rings. The van der Waals surface area contributed by atoms with Crippen molar-refractivity contribution in [2.24, 2.45) is 0 Å². The molecule has 0 saturated carbocycles. The Hall–Kier alpha value is -2.79. The first-order chi connectivity index (χ1) is 12.6. The number of carbonyl (C=O) groups excluding carboxylic acids is 1. The van der Waals surface area contributed by atoms with Gasteiger partial charge in [-0.25, -0.2) is 4.79 Å². The predicted molar refractivity (Wildman–Crippen MR) is 105 cm³/mol. The smallest absolute Gasteiger partial charge is 0.326 e. The maximum absolute atomic E-state index is 12.2. The normalized spacial score (nSPS) is 11.8. The summed E-state index contributed by atoms with van der Waals surface area (Å²) in [6, 6.07) is 21.9. The Morgan fingerprint density at radius 3 is 2.38 bits per heavy atom. The Balaban J connectivity index is 1.62. The van der Waals surface area contributed by atoms with Gasteiger partial charge in [0.2, 0.25) is 0 Å². The molecular weight excluding hydrogens is 346 g/mol. The molecule has 0 radical (unpaired) electrons. The van der Waals surface area contributed by atoms with Crippen molar-refractivity contribution in [2.75, 3.05) is 5.75 Å². The summed E-state index contributed by atoms with van der Waals surface area (Å²) in [4.78, 5) is 24.8. The van der Waals surface area contributed by atoms with Gasteiger partial charge < -0.3 is 10.4 Å². The molecule has 4 nitrogen and oxygen atoms in total. The molecule has 0 aliphatic rings. The second kappa shape index (κ2) is 8.54. The van der Waals surface area contributed by atoms with Crippen LogP contribution in [0.2, 0.25) is 0 Å². The van der Waals surface area contributed by atoms with Gasteiger partial charge in [-0.3, -0.25) is 4.79 Å². The molecule has 0 fully saturated rings. The minimum atomic E-state index is -1.02. The maximum atomic E-state index is 12.2. The summed E-state index contributed by atoms with van der Waals surface area (Å²) in [6.07, 6.45) is 0.349. The van der Waals surface area contributed by atoms with Crippen LogP contribution in [0.25, 0.3) is 10.8 Å². The van der Waals surface area contributed by atoms with Crippen LogP contribution < -0.4 is 5.32 Å².